The number of nitrogens with zero attached hydrogens (tertiary/aromatic N) is 2. The molecule has 0 N–H and O–H groups in total. The topological polar surface area (TPSA) is 59.1 Å². The average molecular weight is 455 g/mol. The second-order valence-corrected chi connectivity index (χ2v) is 8.43. The van der Waals surface area contributed by atoms with Crippen LogP contribution in [0.25, 0.3) is 6.08 Å². The first-order chi connectivity index (χ1) is 16.7. The van der Waals surface area contributed by atoms with Crippen LogP contribution in [0.5, 0.6) is 5.75 Å². The monoisotopic (exact) mass is 454 g/mol. The Hall–Kier alpha value is -4.06. The SMILES string of the molecule is COc1cccc(C=CC2C(N3C(=O)OC[C@@H]3c3ccccc3)C(=O)N2Cc2ccccc2)c1. The van der Waals surface area contributed by atoms with Gasteiger partial charge in [0.25, 0.3) is 0 Å². The lowest BCUT2D eigenvalue weighted by Crippen LogP contribution is -2.69. The van der Waals surface area contributed by atoms with Crippen LogP contribution < -0.4 is 4.74 Å². The number of hydrogen-bond donors (Lipinski definition) is 0. The molecule has 2 unspecified atom stereocenters. The highest BCUT2D eigenvalue weighted by Gasteiger charge is 2.55. The number of amides is 2. The molecule has 2 aliphatic heterocycles. The molecule has 2 aliphatic rings. The van der Waals surface area contributed by atoms with Crippen LogP contribution >= 0.6 is 0 Å². The number of ether oxygens (including phenoxy) is 2. The third-order valence-corrected chi connectivity index (χ3v) is 6.39. The number of hydrogen-bond acceptors (Lipinski definition) is 4. The van der Waals surface area contributed by atoms with Crippen LogP contribution in [-0.4, -0.2) is 47.6 Å². The summed E-state index contributed by atoms with van der Waals surface area (Å²) < 4.78 is 10.7. The minimum Gasteiger partial charge on any atom is -0.497 e. The predicted molar refractivity (Wildman–Crippen MR) is 129 cm³/mol. The molecule has 0 spiro atoms. The van der Waals surface area contributed by atoms with Crippen LogP contribution in [0.3, 0.4) is 0 Å². The normalized spacial score (nSPS) is 22.1. The summed E-state index contributed by atoms with van der Waals surface area (Å²) in [7, 11) is 1.63. The van der Waals surface area contributed by atoms with Crippen LogP contribution in [0.4, 0.5) is 4.79 Å². The van der Waals surface area contributed by atoms with Crippen molar-refractivity contribution in [2.24, 2.45) is 0 Å². The maximum absolute atomic E-state index is 13.4. The number of rotatable bonds is 7. The van der Waals surface area contributed by atoms with Gasteiger partial charge in [0.1, 0.15) is 18.4 Å². The predicted octanol–water partition coefficient (Wildman–Crippen LogP) is 4.68. The highest BCUT2D eigenvalue weighted by atomic mass is 16.6. The van der Waals surface area contributed by atoms with Crippen LogP contribution in [-0.2, 0) is 16.1 Å². The van der Waals surface area contributed by atoms with Crippen molar-refractivity contribution in [2.45, 2.75) is 24.7 Å². The molecule has 2 fully saturated rings. The molecule has 0 aliphatic carbocycles. The largest absolute Gasteiger partial charge is 0.497 e. The Morgan fingerprint density at radius 3 is 2.44 bits per heavy atom. The van der Waals surface area contributed by atoms with Gasteiger partial charge in [0, 0.05) is 6.54 Å². The number of carbonyl (C=O) groups excluding carboxylic acids is 2. The van der Waals surface area contributed by atoms with Crippen molar-refractivity contribution >= 4 is 18.1 Å². The van der Waals surface area contributed by atoms with E-state index in [0.717, 1.165) is 22.4 Å². The van der Waals surface area contributed by atoms with Gasteiger partial charge in [0.2, 0.25) is 5.91 Å². The maximum atomic E-state index is 13.4. The molecule has 3 aromatic rings. The highest BCUT2D eigenvalue weighted by Crippen LogP contribution is 2.38. The minimum atomic E-state index is -0.620. The molecule has 34 heavy (non-hydrogen) atoms. The first-order valence-corrected chi connectivity index (χ1v) is 11.3. The van der Waals surface area contributed by atoms with E-state index in [1.54, 1.807) is 12.0 Å². The van der Waals surface area contributed by atoms with Crippen LogP contribution in [0.15, 0.2) is 91.0 Å². The zero-order valence-corrected chi connectivity index (χ0v) is 18.9. The lowest BCUT2D eigenvalue weighted by molar-refractivity contribution is -0.155. The Balaban J connectivity index is 1.46. The van der Waals surface area contributed by atoms with E-state index in [-0.39, 0.29) is 24.6 Å². The minimum absolute atomic E-state index is 0.0797. The molecule has 2 amide bonds. The van der Waals surface area contributed by atoms with Crippen molar-refractivity contribution in [1.82, 2.24) is 9.80 Å². The number of β-lactam (4-membered cyclic amide) rings is 1. The first-order valence-electron chi connectivity index (χ1n) is 11.3. The fourth-order valence-corrected chi connectivity index (χ4v) is 4.63. The smallest absolute Gasteiger partial charge is 0.411 e. The van der Waals surface area contributed by atoms with E-state index in [1.165, 1.54) is 0 Å². The molecule has 3 atom stereocenters. The highest BCUT2D eigenvalue weighted by molar-refractivity contribution is 5.94. The molecular weight excluding hydrogens is 428 g/mol. The summed E-state index contributed by atoms with van der Waals surface area (Å²) in [4.78, 5) is 29.6. The van der Waals surface area contributed by atoms with E-state index in [9.17, 15) is 9.59 Å². The number of cyclic esters (lactones) is 1. The lowest BCUT2D eigenvalue weighted by Gasteiger charge is -2.49. The van der Waals surface area contributed by atoms with Crippen molar-refractivity contribution in [2.75, 3.05) is 13.7 Å². The Bertz CT molecular complexity index is 1200. The van der Waals surface area contributed by atoms with Gasteiger partial charge < -0.3 is 14.4 Å². The fourth-order valence-electron chi connectivity index (χ4n) is 4.63. The first kappa shape index (κ1) is 21.8. The van der Waals surface area contributed by atoms with Gasteiger partial charge in [-0.05, 0) is 28.8 Å². The molecular formula is C28H26N2O4. The zero-order chi connectivity index (χ0) is 23.5. The van der Waals surface area contributed by atoms with Crippen molar-refractivity contribution in [3.05, 3.63) is 108 Å². The van der Waals surface area contributed by atoms with E-state index < -0.39 is 12.1 Å². The third-order valence-electron chi connectivity index (χ3n) is 6.39. The molecule has 0 radical (unpaired) electrons. The fraction of sp³-hybridized carbons (Fsp3) is 0.214. The number of benzene rings is 3. The van der Waals surface area contributed by atoms with Crippen molar-refractivity contribution in [3.8, 4) is 5.75 Å². The van der Waals surface area contributed by atoms with Gasteiger partial charge in [-0.1, -0.05) is 84.9 Å². The Kier molecular flexibility index (Phi) is 6.04. The molecule has 0 aromatic heterocycles. The quantitative estimate of drug-likeness (QED) is 0.487. The number of methoxy groups -OCH3 is 1. The molecule has 2 saturated heterocycles. The van der Waals surface area contributed by atoms with E-state index in [2.05, 4.69) is 0 Å². The lowest BCUT2D eigenvalue weighted by atomic mass is 9.89. The van der Waals surface area contributed by atoms with Gasteiger partial charge in [0.05, 0.1) is 19.2 Å². The Labute approximate surface area is 199 Å². The molecule has 0 bridgehead atoms. The molecule has 6 heteroatoms. The van der Waals surface area contributed by atoms with Crippen molar-refractivity contribution < 1.29 is 19.1 Å². The van der Waals surface area contributed by atoms with Gasteiger partial charge in [-0.2, -0.15) is 0 Å². The molecule has 0 saturated carbocycles. The van der Waals surface area contributed by atoms with Crippen molar-refractivity contribution in [1.29, 1.82) is 0 Å². The summed E-state index contributed by atoms with van der Waals surface area (Å²) >= 11 is 0. The van der Waals surface area contributed by atoms with Crippen LogP contribution in [0, 0.1) is 0 Å². The van der Waals surface area contributed by atoms with E-state index >= 15 is 0 Å². The van der Waals surface area contributed by atoms with E-state index in [0.29, 0.717) is 6.54 Å². The van der Waals surface area contributed by atoms with Crippen LogP contribution in [0.1, 0.15) is 22.7 Å². The molecule has 2 heterocycles. The Morgan fingerprint density at radius 2 is 1.71 bits per heavy atom. The molecule has 3 aromatic carbocycles. The summed E-state index contributed by atoms with van der Waals surface area (Å²) in [5.74, 6) is 0.681. The summed E-state index contributed by atoms with van der Waals surface area (Å²) in [6.45, 7) is 0.708. The van der Waals surface area contributed by atoms with Crippen LogP contribution in [0.2, 0.25) is 0 Å². The second-order valence-electron chi connectivity index (χ2n) is 8.43. The van der Waals surface area contributed by atoms with Gasteiger partial charge in [0.15, 0.2) is 0 Å². The second kappa shape index (κ2) is 9.43. The van der Waals surface area contributed by atoms with E-state index in [4.69, 9.17) is 9.47 Å². The third kappa shape index (κ3) is 4.15. The summed E-state index contributed by atoms with van der Waals surface area (Å²) in [5.41, 5.74) is 2.96. The summed E-state index contributed by atoms with van der Waals surface area (Å²) in [5, 5.41) is 0. The molecule has 6 nitrogen and oxygen atoms in total. The van der Waals surface area contributed by atoms with Gasteiger partial charge in [-0.15, -0.1) is 0 Å². The van der Waals surface area contributed by atoms with Gasteiger partial charge in [-0.3, -0.25) is 9.69 Å². The standard InChI is InChI=1S/C28H26N2O4/c1-33-23-14-8-11-20(17-23)15-16-24-26(27(31)29(24)18-21-9-4-2-5-10-21)30-25(19-34-28(30)32)22-12-6-3-7-13-22/h2-17,24-26H,18-19H2,1H3/t24?,25-,26?/m1/s1. The van der Waals surface area contributed by atoms with Gasteiger partial charge >= 0.3 is 6.09 Å². The molecule has 172 valence electrons. The van der Waals surface area contributed by atoms with E-state index in [1.807, 2.05) is 102 Å². The number of carbonyl (C=O) groups is 2. The zero-order valence-electron chi connectivity index (χ0n) is 18.9. The maximum Gasteiger partial charge on any atom is 0.411 e. The molecule has 5 rings (SSSR count). The Morgan fingerprint density at radius 1 is 0.971 bits per heavy atom. The summed E-state index contributed by atoms with van der Waals surface area (Å²) in [6, 6.07) is 26.1. The van der Waals surface area contributed by atoms with Crippen molar-refractivity contribution in [3.63, 3.8) is 0 Å². The summed E-state index contributed by atoms with van der Waals surface area (Å²) in [6.07, 6.45) is 3.52. The number of likely N-dealkylation sites (tertiary alicyclic amines) is 1. The average Bonchev–Trinajstić information content (AvgIpc) is 3.26. The van der Waals surface area contributed by atoms with Gasteiger partial charge in [-0.25, -0.2) is 4.79 Å².